The number of ether oxygens (including phenoxy) is 2. The summed E-state index contributed by atoms with van der Waals surface area (Å²) in [7, 11) is 1.60. The smallest absolute Gasteiger partial charge is 0.410 e. The molecule has 1 amide bonds. The Morgan fingerprint density at radius 2 is 1.93 bits per heavy atom. The summed E-state index contributed by atoms with van der Waals surface area (Å²) < 4.78 is 12.7. The van der Waals surface area contributed by atoms with E-state index in [0.717, 1.165) is 46.3 Å². The minimum absolute atomic E-state index is 0.191. The van der Waals surface area contributed by atoms with Crippen LogP contribution in [0.15, 0.2) is 53.9 Å². The van der Waals surface area contributed by atoms with Crippen molar-refractivity contribution in [2.45, 2.75) is 59.5 Å². The monoisotopic (exact) mass is 613 g/mol. The van der Waals surface area contributed by atoms with E-state index in [-0.39, 0.29) is 11.8 Å². The van der Waals surface area contributed by atoms with Gasteiger partial charge in [0.05, 0.1) is 35.8 Å². The second kappa shape index (κ2) is 13.1. The van der Waals surface area contributed by atoms with Crippen LogP contribution in [0.5, 0.6) is 11.6 Å². The molecule has 45 heavy (non-hydrogen) atoms. The number of aliphatic imine (C=N–C) groups is 1. The number of nitrogens with two attached hydrogens (primary N) is 1. The SMILES string of the molecule is CCc1cc(O)ccc1N=C(N)c1cnn2cc(-c3cnc(OC)cc3C)cc2c1NCC1CCN(C(=O)OC(C)(C)C)CC1. The Kier molecular flexibility index (Phi) is 9.17. The molecule has 1 aliphatic rings. The summed E-state index contributed by atoms with van der Waals surface area (Å²) in [5.74, 6) is 1.41. The lowest BCUT2D eigenvalue weighted by Crippen LogP contribution is -2.42. The highest BCUT2D eigenvalue weighted by molar-refractivity contribution is 6.06. The summed E-state index contributed by atoms with van der Waals surface area (Å²) in [6, 6.07) is 9.08. The molecule has 0 unspecified atom stereocenters. The predicted octanol–water partition coefficient (Wildman–Crippen LogP) is 6.08. The maximum Gasteiger partial charge on any atom is 0.410 e. The van der Waals surface area contributed by atoms with Gasteiger partial charge in [-0.3, -0.25) is 0 Å². The highest BCUT2D eigenvalue weighted by atomic mass is 16.6. The zero-order valence-electron chi connectivity index (χ0n) is 26.9. The van der Waals surface area contributed by atoms with Crippen LogP contribution in [0.3, 0.4) is 0 Å². The lowest BCUT2D eigenvalue weighted by atomic mass is 9.96. The lowest BCUT2D eigenvalue weighted by Gasteiger charge is -2.33. The largest absolute Gasteiger partial charge is 0.508 e. The first-order valence-corrected chi connectivity index (χ1v) is 15.4. The Labute approximate surface area is 264 Å². The van der Waals surface area contributed by atoms with Crippen LogP contribution in [0.4, 0.5) is 16.2 Å². The number of pyridine rings is 1. The van der Waals surface area contributed by atoms with Crippen molar-refractivity contribution >= 4 is 28.8 Å². The first-order chi connectivity index (χ1) is 21.5. The Balaban J connectivity index is 1.46. The summed E-state index contributed by atoms with van der Waals surface area (Å²) in [4.78, 5) is 23.6. The Hall–Kier alpha value is -4.80. The van der Waals surface area contributed by atoms with Gasteiger partial charge in [0.15, 0.2) is 0 Å². The molecule has 4 aromatic rings. The zero-order chi connectivity index (χ0) is 32.3. The van der Waals surface area contributed by atoms with Crippen LogP contribution in [0.2, 0.25) is 0 Å². The molecule has 0 saturated carbocycles. The molecule has 0 radical (unpaired) electrons. The van der Waals surface area contributed by atoms with Crippen molar-refractivity contribution in [2.75, 3.05) is 32.1 Å². The molecular weight excluding hydrogens is 570 g/mol. The van der Waals surface area contributed by atoms with Gasteiger partial charge in [0.25, 0.3) is 0 Å². The van der Waals surface area contributed by atoms with E-state index in [1.54, 1.807) is 36.4 Å². The molecule has 5 rings (SSSR count). The van der Waals surface area contributed by atoms with Crippen molar-refractivity contribution in [3.8, 4) is 22.8 Å². The molecule has 0 spiro atoms. The fourth-order valence-electron chi connectivity index (χ4n) is 5.57. The minimum atomic E-state index is -0.519. The standard InChI is InChI=1S/C34H43N7O4/c1-7-23-15-25(42)8-9-28(23)39-32(35)27-19-38-41-20-24(26-18-36-30(44-6)14-21(26)2)16-29(41)31(27)37-17-22-10-12-40(13-11-22)33(43)45-34(3,4)5/h8-9,14-16,18-20,22,37,42H,7,10-13,17H2,1-6H3,(H2,35,39). The van der Waals surface area contributed by atoms with Crippen LogP contribution in [-0.4, -0.2) is 68.9 Å². The lowest BCUT2D eigenvalue weighted by molar-refractivity contribution is 0.0188. The van der Waals surface area contributed by atoms with Gasteiger partial charge in [-0.2, -0.15) is 5.10 Å². The van der Waals surface area contributed by atoms with Gasteiger partial charge in [-0.05, 0) is 88.3 Å². The van der Waals surface area contributed by atoms with Crippen molar-refractivity contribution in [2.24, 2.45) is 16.6 Å². The average molecular weight is 614 g/mol. The van der Waals surface area contributed by atoms with Crippen LogP contribution in [-0.2, 0) is 11.2 Å². The number of nitrogens with zero attached hydrogens (tertiary/aromatic N) is 5. The summed E-state index contributed by atoms with van der Waals surface area (Å²) >= 11 is 0. The van der Waals surface area contributed by atoms with E-state index in [0.29, 0.717) is 54.9 Å². The van der Waals surface area contributed by atoms with Crippen LogP contribution in [0.1, 0.15) is 57.2 Å². The minimum Gasteiger partial charge on any atom is -0.508 e. The number of aromatic hydroxyl groups is 1. The predicted molar refractivity (Wildman–Crippen MR) is 177 cm³/mol. The number of aryl methyl sites for hydroxylation is 2. The van der Waals surface area contributed by atoms with Crippen molar-refractivity contribution in [1.29, 1.82) is 0 Å². The maximum absolute atomic E-state index is 12.6. The molecular formula is C34H43N7O4. The van der Waals surface area contributed by atoms with Gasteiger partial charge in [0, 0.05) is 49.2 Å². The second-order valence-corrected chi connectivity index (χ2v) is 12.5. The van der Waals surface area contributed by atoms with Gasteiger partial charge < -0.3 is 30.5 Å². The van der Waals surface area contributed by atoms with E-state index in [1.807, 2.05) is 57.6 Å². The molecule has 1 saturated heterocycles. The van der Waals surface area contributed by atoms with Crippen LogP contribution in [0.25, 0.3) is 16.6 Å². The molecule has 3 aromatic heterocycles. The van der Waals surface area contributed by atoms with Crippen molar-refractivity contribution in [1.82, 2.24) is 19.5 Å². The third kappa shape index (κ3) is 7.30. The number of anilines is 1. The Morgan fingerprint density at radius 1 is 1.18 bits per heavy atom. The van der Waals surface area contributed by atoms with Crippen LogP contribution >= 0.6 is 0 Å². The van der Waals surface area contributed by atoms with E-state index in [4.69, 9.17) is 25.3 Å². The number of methoxy groups -OCH3 is 1. The van der Waals surface area contributed by atoms with Crippen molar-refractivity contribution < 1.29 is 19.4 Å². The molecule has 4 heterocycles. The molecule has 1 fully saturated rings. The molecule has 4 N–H and O–H groups in total. The average Bonchev–Trinajstić information content (AvgIpc) is 3.44. The van der Waals surface area contributed by atoms with Crippen LogP contribution in [0, 0.1) is 12.8 Å². The number of phenolic OH excluding ortho intramolecular Hbond substituents is 1. The first kappa shape index (κ1) is 31.6. The fraction of sp³-hybridized carbons (Fsp3) is 0.412. The third-order valence-corrected chi connectivity index (χ3v) is 8.04. The number of phenols is 1. The fourth-order valence-corrected chi connectivity index (χ4v) is 5.57. The highest BCUT2D eigenvalue weighted by Gasteiger charge is 2.27. The third-order valence-electron chi connectivity index (χ3n) is 8.04. The van der Waals surface area contributed by atoms with Crippen LogP contribution < -0.4 is 15.8 Å². The van der Waals surface area contributed by atoms with E-state index in [9.17, 15) is 9.90 Å². The molecule has 11 heteroatoms. The first-order valence-electron chi connectivity index (χ1n) is 15.4. The van der Waals surface area contributed by atoms with E-state index < -0.39 is 5.60 Å². The number of nitrogens with one attached hydrogen (secondary N) is 1. The number of hydrogen-bond acceptors (Lipinski definition) is 8. The summed E-state index contributed by atoms with van der Waals surface area (Å²) in [6.07, 6.45) is 7.65. The number of amidine groups is 1. The van der Waals surface area contributed by atoms with Gasteiger partial charge in [0.2, 0.25) is 5.88 Å². The molecule has 0 aliphatic carbocycles. The number of benzene rings is 1. The number of hydrogen-bond donors (Lipinski definition) is 3. The number of amides is 1. The van der Waals surface area contributed by atoms with Gasteiger partial charge in [-0.1, -0.05) is 6.92 Å². The number of carbonyl (C=O) groups excluding carboxylic acids is 1. The number of aromatic nitrogens is 3. The topological polar surface area (TPSA) is 140 Å². The number of rotatable bonds is 8. The molecule has 238 valence electrons. The summed E-state index contributed by atoms with van der Waals surface area (Å²) in [5, 5.41) is 18.4. The van der Waals surface area contributed by atoms with Gasteiger partial charge in [-0.15, -0.1) is 0 Å². The van der Waals surface area contributed by atoms with Crippen molar-refractivity contribution in [3.05, 3.63) is 65.6 Å². The Bertz CT molecular complexity index is 1720. The summed E-state index contributed by atoms with van der Waals surface area (Å²) in [6.45, 7) is 11.7. The number of likely N-dealkylation sites (tertiary alicyclic amines) is 1. The molecule has 0 bridgehead atoms. The van der Waals surface area contributed by atoms with E-state index in [1.165, 1.54) is 0 Å². The molecule has 1 aromatic carbocycles. The number of carbonyl (C=O) groups is 1. The van der Waals surface area contributed by atoms with E-state index in [2.05, 4.69) is 16.4 Å². The van der Waals surface area contributed by atoms with Gasteiger partial charge >= 0.3 is 6.09 Å². The van der Waals surface area contributed by atoms with Gasteiger partial charge in [0.1, 0.15) is 17.2 Å². The zero-order valence-corrected chi connectivity index (χ0v) is 26.9. The van der Waals surface area contributed by atoms with E-state index >= 15 is 0 Å². The number of fused-ring (bicyclic) bond motifs is 1. The second-order valence-electron chi connectivity index (χ2n) is 12.5. The summed E-state index contributed by atoms with van der Waals surface area (Å²) in [5.41, 5.74) is 13.1. The van der Waals surface area contributed by atoms with Crippen molar-refractivity contribution in [3.63, 3.8) is 0 Å². The molecule has 11 nitrogen and oxygen atoms in total. The highest BCUT2D eigenvalue weighted by Crippen LogP contribution is 2.32. The molecule has 1 aliphatic heterocycles. The normalized spacial score (nSPS) is 14.5. The maximum atomic E-state index is 12.6. The quantitative estimate of drug-likeness (QED) is 0.161. The number of piperidine rings is 1. The Morgan fingerprint density at radius 3 is 2.60 bits per heavy atom. The van der Waals surface area contributed by atoms with Gasteiger partial charge in [-0.25, -0.2) is 19.3 Å². The molecule has 0 atom stereocenters.